The van der Waals surface area contributed by atoms with Crippen LogP contribution < -0.4 is 51.2 Å². The van der Waals surface area contributed by atoms with Gasteiger partial charge in [-0.3, -0.25) is 9.59 Å². The van der Waals surface area contributed by atoms with Crippen LogP contribution in [-0.2, 0) is 12.8 Å². The molecule has 0 unspecified atom stereocenters. The fraction of sp³-hybridized carbons (Fsp3) is 0.0909. The first-order chi connectivity index (χ1) is 27.7. The van der Waals surface area contributed by atoms with E-state index in [0.717, 1.165) is 74.1 Å². The van der Waals surface area contributed by atoms with Crippen LogP contribution in [0.5, 0.6) is 0 Å². The number of carbonyl (C=O) groups excluding carboxylic acids is 2. The predicted octanol–water partition coefficient (Wildman–Crippen LogP) is 6.09. The van der Waals surface area contributed by atoms with Gasteiger partial charge in [0.05, 0.1) is 33.5 Å². The average molecular weight is 805 g/mol. The summed E-state index contributed by atoms with van der Waals surface area (Å²) in [5.41, 5.74) is 14.3. The smallest absolute Gasteiger partial charge is 1.00 e. The molecule has 2 amide bonds. The Labute approximate surface area is 360 Å². The number of rotatable bonds is 4. The normalized spacial score (nSPS) is 12.7. The average Bonchev–Trinajstić information content (AvgIpc) is 3.87. The number of nitrogens with one attached hydrogen (secondary N) is 5. The number of hydrogen-bond acceptors (Lipinski definition) is 6. The number of carbonyl (C=O) groups is 2. The van der Waals surface area contributed by atoms with Crippen LogP contribution in [0.2, 0.25) is 5.15 Å². The summed E-state index contributed by atoms with van der Waals surface area (Å²) in [6.07, 6.45) is 1.60. The van der Waals surface area contributed by atoms with E-state index in [1.54, 1.807) is 36.4 Å². The van der Waals surface area contributed by atoms with Gasteiger partial charge in [-0.1, -0.05) is 72.3 Å². The van der Waals surface area contributed by atoms with Crippen molar-refractivity contribution in [3.8, 4) is 22.5 Å². The van der Waals surface area contributed by atoms with Crippen LogP contribution >= 0.6 is 11.6 Å². The molecule has 0 atom stereocenters. The van der Waals surface area contributed by atoms with Gasteiger partial charge < -0.3 is 33.1 Å². The fourth-order valence-electron chi connectivity index (χ4n) is 6.83. The van der Waals surface area contributed by atoms with E-state index in [9.17, 15) is 18.4 Å². The number of fused-ring (bicyclic) bond motifs is 4. The van der Waals surface area contributed by atoms with Crippen LogP contribution in [0.3, 0.4) is 0 Å². The zero-order chi connectivity index (χ0) is 39.5. The molecule has 0 bridgehead atoms. The number of nitrogens with zero attached hydrogens (tertiary/aromatic N) is 2. The van der Waals surface area contributed by atoms with Gasteiger partial charge in [-0.25, -0.2) is 18.7 Å². The van der Waals surface area contributed by atoms with Crippen LogP contribution in [0.4, 0.5) is 26.0 Å². The number of aromatic amines is 2. The van der Waals surface area contributed by atoms with Crippen molar-refractivity contribution in [2.75, 3.05) is 24.1 Å². The number of halogens is 3. The molecule has 14 heteroatoms. The van der Waals surface area contributed by atoms with Gasteiger partial charge in [-0.05, 0) is 60.7 Å². The van der Waals surface area contributed by atoms with Crippen molar-refractivity contribution < 1.29 is 49.4 Å². The molecule has 0 spiro atoms. The number of nitrogen functional groups attached to an aromatic ring is 1. The number of amides is 2. The third-order valence-electron chi connectivity index (χ3n) is 9.64. The van der Waals surface area contributed by atoms with Crippen molar-refractivity contribution >= 4 is 62.4 Å². The summed E-state index contributed by atoms with van der Waals surface area (Å²) < 4.78 is 26.2. The molecule has 7 N–H and O–H groups in total. The number of hydrogen-bond donors (Lipinski definition) is 6. The topological polar surface area (TPSA) is 154 Å². The fourth-order valence-corrected chi connectivity index (χ4v) is 6.97. The SMILES string of the molecule is Nc1ccccc1F.O=C1NCCc2[nH]c(-c3cccc4ccc(Cl)nc34)cc21.O=C1NCCc2[nH]c(-c3cccc4ccc(Nc5ccccc5F)nc34)cc21.[H-].[Na+]. The number of nitrogens with two attached hydrogens (primary N) is 1. The minimum atomic E-state index is -0.354. The summed E-state index contributed by atoms with van der Waals surface area (Å²) in [5.74, 6) is -0.212. The van der Waals surface area contributed by atoms with Crippen LogP contribution in [-0.4, -0.2) is 44.8 Å². The summed E-state index contributed by atoms with van der Waals surface area (Å²) >= 11 is 6.02. The number of para-hydroxylation sites is 4. The Bertz CT molecular complexity index is 2790. The molecular weight excluding hydrogens is 769 g/mol. The second-order valence-corrected chi connectivity index (χ2v) is 13.8. The Hall–Kier alpha value is -6.05. The van der Waals surface area contributed by atoms with Crippen molar-refractivity contribution in [1.29, 1.82) is 0 Å². The minimum absolute atomic E-state index is 0. The van der Waals surface area contributed by atoms with E-state index in [1.165, 1.54) is 18.2 Å². The molecule has 8 aromatic rings. The maximum absolute atomic E-state index is 14.0. The summed E-state index contributed by atoms with van der Waals surface area (Å²) in [6.45, 7) is 1.31. The summed E-state index contributed by atoms with van der Waals surface area (Å²) in [7, 11) is 0. The van der Waals surface area contributed by atoms with Gasteiger partial charge >= 0.3 is 29.6 Å². The zero-order valence-electron chi connectivity index (χ0n) is 32.3. The Morgan fingerprint density at radius 1 is 0.621 bits per heavy atom. The third kappa shape index (κ3) is 8.60. The molecule has 10 nitrogen and oxygen atoms in total. The van der Waals surface area contributed by atoms with Gasteiger partial charge in [0.15, 0.2) is 0 Å². The number of benzene rings is 4. The molecule has 4 aromatic carbocycles. The second-order valence-electron chi connectivity index (χ2n) is 13.4. The number of pyridine rings is 2. The standard InChI is InChI=1S/C22H17FN4O.C16H12ClN3O.C6H6FN.Na.H/c23-16-6-1-2-7-18(16)26-20-9-8-13-4-3-5-14(21(13)27-20)19-12-15-17(25-19)10-11-24-22(15)28;17-14-5-4-9-2-1-3-10(15(9)20-14)13-8-11-12(19-13)6-7-18-16(11)21;7-5-3-1-2-4-6(5)8;;/h1-9,12,25H,10-11H2,(H,24,28)(H,26,27);1-5,8,19H,6-7H2,(H,18,21);1-4H,8H2;;/q;;;+1;-1. The molecule has 0 radical (unpaired) electrons. The van der Waals surface area contributed by atoms with E-state index in [1.807, 2.05) is 66.7 Å². The van der Waals surface area contributed by atoms with Gasteiger partial charge in [0.25, 0.3) is 11.8 Å². The van der Waals surface area contributed by atoms with Crippen molar-refractivity contribution in [2.24, 2.45) is 0 Å². The Kier molecular flexibility index (Phi) is 12.2. The van der Waals surface area contributed by atoms with E-state index in [2.05, 4.69) is 30.9 Å². The van der Waals surface area contributed by atoms with Gasteiger partial charge in [-0.2, -0.15) is 0 Å². The summed E-state index contributed by atoms with van der Waals surface area (Å²) in [4.78, 5) is 39.8. The van der Waals surface area contributed by atoms with E-state index < -0.39 is 0 Å². The molecule has 4 aromatic heterocycles. The quantitative estimate of drug-likeness (QED) is 0.0720. The largest absolute Gasteiger partial charge is 1.00 e. The molecule has 286 valence electrons. The van der Waals surface area contributed by atoms with Gasteiger partial charge in [0.1, 0.15) is 22.6 Å². The van der Waals surface area contributed by atoms with Crippen molar-refractivity contribution in [1.82, 2.24) is 30.6 Å². The first kappa shape index (κ1) is 40.2. The Balaban J connectivity index is 0.000000166. The van der Waals surface area contributed by atoms with E-state index in [4.69, 9.17) is 22.3 Å². The van der Waals surface area contributed by atoms with E-state index >= 15 is 0 Å². The molecule has 0 saturated carbocycles. The molecule has 2 aliphatic heterocycles. The third-order valence-corrected chi connectivity index (χ3v) is 9.85. The molecule has 0 aliphatic carbocycles. The molecule has 10 rings (SSSR count). The zero-order valence-corrected chi connectivity index (χ0v) is 34.1. The first-order valence-electron chi connectivity index (χ1n) is 18.2. The monoisotopic (exact) mass is 804 g/mol. The first-order valence-corrected chi connectivity index (χ1v) is 18.6. The molecule has 2 aliphatic rings. The summed E-state index contributed by atoms with van der Waals surface area (Å²) in [5, 5.41) is 11.2. The van der Waals surface area contributed by atoms with Gasteiger partial charge in [0, 0.05) is 70.6 Å². The van der Waals surface area contributed by atoms with Crippen LogP contribution in [0.15, 0.2) is 121 Å². The maximum atomic E-state index is 14.0. The van der Waals surface area contributed by atoms with E-state index in [0.29, 0.717) is 35.3 Å². The van der Waals surface area contributed by atoms with Crippen molar-refractivity contribution in [3.63, 3.8) is 0 Å². The molecule has 0 saturated heterocycles. The van der Waals surface area contributed by atoms with Gasteiger partial charge in [0.2, 0.25) is 0 Å². The maximum Gasteiger partial charge on any atom is 1.00 e. The van der Waals surface area contributed by atoms with Crippen LogP contribution in [0.1, 0.15) is 33.5 Å². The molecular formula is C44H36ClF2N8NaO2. The predicted molar refractivity (Wildman–Crippen MR) is 222 cm³/mol. The molecule has 6 heterocycles. The van der Waals surface area contributed by atoms with Crippen LogP contribution in [0, 0.1) is 11.6 Å². The van der Waals surface area contributed by atoms with Crippen molar-refractivity contribution in [3.05, 3.63) is 161 Å². The minimum Gasteiger partial charge on any atom is -1.00 e. The number of aromatic nitrogens is 4. The second kappa shape index (κ2) is 17.6. The molecule has 0 fully saturated rings. The van der Waals surface area contributed by atoms with E-state index in [-0.39, 0.29) is 60.1 Å². The van der Waals surface area contributed by atoms with Gasteiger partial charge in [-0.15, -0.1) is 0 Å². The number of anilines is 3. The Morgan fingerprint density at radius 2 is 1.16 bits per heavy atom. The van der Waals surface area contributed by atoms with Crippen LogP contribution in [0.25, 0.3) is 44.3 Å². The Morgan fingerprint density at radius 3 is 1.69 bits per heavy atom. The van der Waals surface area contributed by atoms with Crippen molar-refractivity contribution in [2.45, 2.75) is 12.8 Å². The molecule has 58 heavy (non-hydrogen) atoms. The summed E-state index contributed by atoms with van der Waals surface area (Å²) in [6, 6.07) is 35.8. The number of H-pyrrole nitrogens is 2.